The van der Waals surface area contributed by atoms with Crippen LogP contribution in [0.15, 0.2) is 45.5 Å². The Morgan fingerprint density at radius 2 is 1.40 bits per heavy atom. The normalized spacial score (nSPS) is 20.2. The molecule has 0 nitrogen and oxygen atoms in total. The average Bonchev–Trinajstić information content (AvgIpc) is 2.83. The molecule has 3 rings (SSSR count). The quantitative estimate of drug-likeness (QED) is 0.391. The lowest BCUT2D eigenvalue weighted by atomic mass is 10.2. The Kier molecular flexibility index (Phi) is 2.90. The van der Waals surface area contributed by atoms with Gasteiger partial charge in [-0.15, -0.1) is 0 Å². The van der Waals surface area contributed by atoms with E-state index in [0.717, 1.165) is 4.90 Å². The van der Waals surface area contributed by atoms with Crippen molar-refractivity contribution in [2.75, 3.05) is 6.26 Å². The molecule has 0 saturated heterocycles. The topological polar surface area (TPSA) is 0 Å². The van der Waals surface area contributed by atoms with Gasteiger partial charge in [-0.05, 0) is 34.8 Å². The van der Waals surface area contributed by atoms with E-state index in [9.17, 15) is 17.6 Å². The third-order valence-corrected chi connectivity index (χ3v) is 6.60. The number of rotatable bonds is 1. The van der Waals surface area contributed by atoms with Gasteiger partial charge in [0.2, 0.25) is 0 Å². The highest BCUT2D eigenvalue weighted by atomic mass is 32.3. The molecule has 2 aromatic carbocycles. The summed E-state index contributed by atoms with van der Waals surface area (Å²) in [6, 6.07) is 8.88. The molecule has 0 spiro atoms. The lowest BCUT2D eigenvalue weighted by Gasteiger charge is -2.31. The summed E-state index contributed by atoms with van der Waals surface area (Å²) in [7, 11) is -2.04. The Morgan fingerprint density at radius 3 is 2.05 bits per heavy atom. The van der Waals surface area contributed by atoms with Crippen LogP contribution in [0.4, 0.5) is 17.6 Å². The summed E-state index contributed by atoms with van der Waals surface area (Å²) < 4.78 is 54.7. The molecule has 5 heteroatoms. The van der Waals surface area contributed by atoms with Crippen molar-refractivity contribution in [2.24, 2.45) is 0 Å². The van der Waals surface area contributed by atoms with Gasteiger partial charge in [0.15, 0.2) is 23.3 Å². The molecular weight excluding hydrogens is 288 g/mol. The molecule has 0 aromatic heterocycles. The predicted molar refractivity (Wildman–Crippen MR) is 71.8 cm³/mol. The molecule has 0 amide bonds. The van der Waals surface area contributed by atoms with Gasteiger partial charge in [0.05, 0.1) is 0 Å². The van der Waals surface area contributed by atoms with Crippen LogP contribution in [0.3, 0.4) is 0 Å². The molecule has 2 aromatic rings. The van der Waals surface area contributed by atoms with Gasteiger partial charge >= 0.3 is 0 Å². The van der Waals surface area contributed by atoms with E-state index in [1.165, 1.54) is 6.08 Å². The molecule has 0 radical (unpaired) electrons. The first-order chi connectivity index (χ1) is 9.47. The summed E-state index contributed by atoms with van der Waals surface area (Å²) in [5.74, 6) is -6.14. The minimum atomic E-state index is -2.04. The Labute approximate surface area is 115 Å². The van der Waals surface area contributed by atoms with Crippen LogP contribution in [-0.2, 0) is 0 Å². The zero-order valence-corrected chi connectivity index (χ0v) is 11.3. The highest BCUT2D eigenvalue weighted by Gasteiger charge is 2.36. The first kappa shape index (κ1) is 13.2. The number of fused-ring (bicyclic) bond motifs is 1. The third-order valence-electron chi connectivity index (χ3n) is 3.42. The van der Waals surface area contributed by atoms with Crippen LogP contribution < -0.4 is 0 Å². The molecule has 0 fully saturated rings. The van der Waals surface area contributed by atoms with Crippen LogP contribution in [0.25, 0.3) is 6.08 Å². The van der Waals surface area contributed by atoms with Crippen LogP contribution in [-0.4, -0.2) is 6.26 Å². The molecule has 1 heterocycles. The van der Waals surface area contributed by atoms with E-state index in [0.29, 0.717) is 0 Å². The summed E-state index contributed by atoms with van der Waals surface area (Å²) in [5.41, 5.74) is -0.192. The van der Waals surface area contributed by atoms with Gasteiger partial charge in [0, 0.05) is 10.5 Å². The van der Waals surface area contributed by atoms with Gasteiger partial charge in [-0.2, -0.15) is 10.0 Å². The van der Waals surface area contributed by atoms with Gasteiger partial charge < -0.3 is 0 Å². The first-order valence-electron chi connectivity index (χ1n) is 5.84. The number of halogens is 4. The Bertz CT molecular complexity index is 725. The molecular formula is C15H10F4S. The van der Waals surface area contributed by atoms with Crippen molar-refractivity contribution in [3.63, 3.8) is 0 Å². The summed E-state index contributed by atoms with van der Waals surface area (Å²) in [6.45, 7) is 0. The summed E-state index contributed by atoms with van der Waals surface area (Å²) in [5, 5.41) is 1.64. The summed E-state index contributed by atoms with van der Waals surface area (Å²) in [4.78, 5) is 0.680. The molecule has 0 saturated carbocycles. The number of benzene rings is 2. The maximum absolute atomic E-state index is 14.1. The van der Waals surface area contributed by atoms with Crippen LogP contribution in [0.5, 0.6) is 0 Å². The number of hydrogen-bond acceptors (Lipinski definition) is 0. The standard InChI is InChI=1S/C15H10F4S/c1-20(9-5-3-2-4-6-9)8-7-10-11(16)12(17)13(18)14(19)15(10)20/h2-8H,1H3. The molecule has 1 atom stereocenters. The third kappa shape index (κ3) is 1.62. The summed E-state index contributed by atoms with van der Waals surface area (Å²) in [6.07, 6.45) is 3.06. The highest BCUT2D eigenvalue weighted by Crippen LogP contribution is 2.66. The molecule has 0 N–H and O–H groups in total. The fourth-order valence-corrected chi connectivity index (χ4v) is 5.10. The van der Waals surface area contributed by atoms with Gasteiger partial charge in [0.25, 0.3) is 0 Å². The van der Waals surface area contributed by atoms with Gasteiger partial charge in [-0.3, -0.25) is 0 Å². The average molecular weight is 298 g/mol. The van der Waals surface area contributed by atoms with E-state index in [-0.39, 0.29) is 10.5 Å². The van der Waals surface area contributed by atoms with E-state index >= 15 is 0 Å². The number of hydrogen-bond donors (Lipinski definition) is 0. The van der Waals surface area contributed by atoms with Gasteiger partial charge in [-0.25, -0.2) is 17.6 Å². The molecule has 0 bridgehead atoms. The van der Waals surface area contributed by atoms with Crippen LogP contribution in [0, 0.1) is 23.3 Å². The molecule has 0 unspecified atom stereocenters. The van der Waals surface area contributed by atoms with E-state index in [1.807, 2.05) is 0 Å². The van der Waals surface area contributed by atoms with Crippen molar-refractivity contribution in [1.82, 2.24) is 0 Å². The van der Waals surface area contributed by atoms with Crippen molar-refractivity contribution in [3.8, 4) is 0 Å². The Balaban J connectivity index is 2.33. The minimum absolute atomic E-state index is 0.0832. The van der Waals surface area contributed by atoms with E-state index < -0.39 is 33.3 Å². The van der Waals surface area contributed by atoms with Gasteiger partial charge in [0.1, 0.15) is 0 Å². The second kappa shape index (κ2) is 4.38. The molecule has 0 aliphatic carbocycles. The van der Waals surface area contributed by atoms with Gasteiger partial charge in [-0.1, -0.05) is 18.2 Å². The second-order valence-corrected chi connectivity index (χ2v) is 7.71. The van der Waals surface area contributed by atoms with Crippen LogP contribution in [0.2, 0.25) is 0 Å². The molecule has 20 heavy (non-hydrogen) atoms. The van der Waals surface area contributed by atoms with Crippen molar-refractivity contribution >= 4 is 16.1 Å². The lowest BCUT2D eigenvalue weighted by molar-refractivity contribution is 0.397. The predicted octanol–water partition coefficient (Wildman–Crippen LogP) is 5.08. The SMILES string of the molecule is C[S@]1(c2ccccc2)C=Cc2c(F)c(F)c(F)c(F)c21. The van der Waals surface area contributed by atoms with Crippen molar-refractivity contribution in [2.45, 2.75) is 9.79 Å². The molecule has 1 aliphatic heterocycles. The maximum atomic E-state index is 14.1. The minimum Gasteiger partial charge on any atom is -0.203 e. The van der Waals surface area contributed by atoms with Crippen molar-refractivity contribution in [3.05, 3.63) is 64.6 Å². The van der Waals surface area contributed by atoms with Crippen LogP contribution >= 0.6 is 10.0 Å². The fourth-order valence-electron chi connectivity index (χ4n) is 2.36. The second-order valence-electron chi connectivity index (χ2n) is 4.60. The Hall–Kier alpha value is -1.75. The zero-order valence-electron chi connectivity index (χ0n) is 10.5. The zero-order chi connectivity index (χ0) is 14.5. The van der Waals surface area contributed by atoms with Crippen molar-refractivity contribution < 1.29 is 17.6 Å². The molecule has 104 valence electrons. The summed E-state index contributed by atoms with van der Waals surface area (Å²) >= 11 is 0. The smallest absolute Gasteiger partial charge is 0.198 e. The molecule has 1 aliphatic rings. The van der Waals surface area contributed by atoms with E-state index in [2.05, 4.69) is 0 Å². The van der Waals surface area contributed by atoms with E-state index in [4.69, 9.17) is 0 Å². The maximum Gasteiger partial charge on any atom is 0.198 e. The van der Waals surface area contributed by atoms with Crippen molar-refractivity contribution in [1.29, 1.82) is 0 Å². The van der Waals surface area contributed by atoms with E-state index in [1.54, 1.807) is 42.0 Å². The Morgan fingerprint density at radius 1 is 0.800 bits per heavy atom. The first-order valence-corrected chi connectivity index (χ1v) is 7.95. The monoisotopic (exact) mass is 298 g/mol. The fraction of sp³-hybridized carbons (Fsp3) is 0.0667. The highest BCUT2D eigenvalue weighted by molar-refractivity contribution is 8.36. The van der Waals surface area contributed by atoms with Crippen LogP contribution in [0.1, 0.15) is 5.56 Å². The largest absolute Gasteiger partial charge is 0.203 e. The lowest BCUT2D eigenvalue weighted by Crippen LogP contribution is -2.06.